The Morgan fingerprint density at radius 2 is 1.81 bits per heavy atom. The van der Waals surface area contributed by atoms with E-state index in [1.807, 2.05) is 32.0 Å². The van der Waals surface area contributed by atoms with E-state index in [4.69, 9.17) is 0 Å². The number of rotatable bonds is 6. The van der Waals surface area contributed by atoms with E-state index in [0.717, 1.165) is 22.1 Å². The lowest BCUT2D eigenvalue weighted by Gasteiger charge is -2.11. The topological polar surface area (TPSA) is 71.1 Å². The quantitative estimate of drug-likeness (QED) is 0.543. The lowest BCUT2D eigenvalue weighted by atomic mass is 10.2. The molecule has 0 fully saturated rings. The number of pyridine rings is 1. The van der Waals surface area contributed by atoms with E-state index in [1.54, 1.807) is 18.3 Å². The molecule has 0 aliphatic carbocycles. The molecule has 2 amide bonds. The monoisotopic (exact) mass is 445 g/mol. The van der Waals surface area contributed by atoms with Crippen LogP contribution in [0.25, 0.3) is 0 Å². The highest BCUT2D eigenvalue weighted by molar-refractivity contribution is 7.99. The third-order valence-corrected chi connectivity index (χ3v) is 5.47. The average molecular weight is 445 g/mol. The van der Waals surface area contributed by atoms with Gasteiger partial charge in [-0.1, -0.05) is 29.5 Å². The molecule has 160 valence electrons. The van der Waals surface area contributed by atoms with E-state index in [1.165, 1.54) is 11.8 Å². The molecule has 0 saturated carbocycles. The van der Waals surface area contributed by atoms with Crippen molar-refractivity contribution >= 4 is 29.3 Å². The van der Waals surface area contributed by atoms with Crippen LogP contribution in [-0.4, -0.2) is 23.3 Å². The number of carbonyl (C=O) groups excluding carboxylic acids is 2. The number of hydrogen-bond acceptors (Lipinski definition) is 4. The summed E-state index contributed by atoms with van der Waals surface area (Å²) in [4.78, 5) is 29.8. The Hall–Kier alpha value is -3.33. The van der Waals surface area contributed by atoms with Gasteiger partial charge in [0.25, 0.3) is 5.91 Å². The first kappa shape index (κ1) is 22.4. The first-order valence-electron chi connectivity index (χ1n) is 9.18. The first-order valence-corrected chi connectivity index (χ1v) is 9.99. The van der Waals surface area contributed by atoms with Crippen LogP contribution in [0.4, 0.5) is 18.9 Å². The maximum Gasteiger partial charge on any atom is 0.254 e. The van der Waals surface area contributed by atoms with Crippen molar-refractivity contribution in [2.24, 2.45) is 0 Å². The second kappa shape index (κ2) is 9.65. The molecule has 0 radical (unpaired) electrons. The van der Waals surface area contributed by atoms with Crippen LogP contribution in [0.2, 0.25) is 0 Å². The second-order valence-electron chi connectivity index (χ2n) is 6.68. The Balaban J connectivity index is 1.67. The van der Waals surface area contributed by atoms with Gasteiger partial charge in [0.1, 0.15) is 5.03 Å². The van der Waals surface area contributed by atoms with Crippen LogP contribution in [-0.2, 0) is 4.79 Å². The molecule has 5 nitrogen and oxygen atoms in total. The molecule has 1 aromatic heterocycles. The van der Waals surface area contributed by atoms with E-state index in [2.05, 4.69) is 15.6 Å². The largest absolute Gasteiger partial charge is 0.343 e. The van der Waals surface area contributed by atoms with Crippen molar-refractivity contribution in [2.45, 2.75) is 23.8 Å². The van der Waals surface area contributed by atoms with Crippen molar-refractivity contribution < 1.29 is 22.8 Å². The van der Waals surface area contributed by atoms with Gasteiger partial charge in [0.15, 0.2) is 17.5 Å². The highest BCUT2D eigenvalue weighted by Gasteiger charge is 2.18. The summed E-state index contributed by atoms with van der Waals surface area (Å²) in [5, 5.41) is 4.97. The van der Waals surface area contributed by atoms with E-state index < -0.39 is 41.5 Å². The normalized spacial score (nSPS) is 10.6. The number of aryl methyl sites for hydroxylation is 2. The summed E-state index contributed by atoms with van der Waals surface area (Å²) in [5.74, 6) is -5.93. The summed E-state index contributed by atoms with van der Waals surface area (Å²) >= 11 is 1.32. The molecular weight excluding hydrogens is 427 g/mol. The number of benzene rings is 2. The molecule has 0 spiro atoms. The fourth-order valence-electron chi connectivity index (χ4n) is 2.74. The van der Waals surface area contributed by atoms with Gasteiger partial charge in [-0.3, -0.25) is 9.59 Å². The van der Waals surface area contributed by atoms with Gasteiger partial charge in [0.05, 0.1) is 17.8 Å². The van der Waals surface area contributed by atoms with Gasteiger partial charge in [-0.05, 0) is 49.7 Å². The van der Waals surface area contributed by atoms with Gasteiger partial charge < -0.3 is 10.6 Å². The van der Waals surface area contributed by atoms with Gasteiger partial charge in [-0.2, -0.15) is 0 Å². The van der Waals surface area contributed by atoms with Crippen LogP contribution < -0.4 is 10.6 Å². The molecule has 0 bridgehead atoms. The highest BCUT2D eigenvalue weighted by Crippen LogP contribution is 2.31. The third kappa shape index (κ3) is 5.43. The molecule has 9 heteroatoms. The van der Waals surface area contributed by atoms with Gasteiger partial charge >= 0.3 is 0 Å². The summed E-state index contributed by atoms with van der Waals surface area (Å²) in [7, 11) is 0. The Labute approximate surface area is 181 Å². The van der Waals surface area contributed by atoms with Gasteiger partial charge in [0.2, 0.25) is 5.91 Å². The molecule has 0 atom stereocenters. The molecular formula is C22H18F3N3O2S. The molecule has 0 aliphatic rings. The number of nitrogens with one attached hydrogen (secondary N) is 2. The third-order valence-electron chi connectivity index (χ3n) is 4.27. The van der Waals surface area contributed by atoms with Crippen LogP contribution in [0, 0.1) is 31.3 Å². The number of aromatic nitrogens is 1. The van der Waals surface area contributed by atoms with E-state index >= 15 is 0 Å². The van der Waals surface area contributed by atoms with Crippen molar-refractivity contribution in [1.82, 2.24) is 10.3 Å². The van der Waals surface area contributed by atoms with E-state index in [9.17, 15) is 22.8 Å². The summed E-state index contributed by atoms with van der Waals surface area (Å²) in [6.07, 6.45) is 1.56. The molecule has 31 heavy (non-hydrogen) atoms. The smallest absolute Gasteiger partial charge is 0.254 e. The Bertz CT molecular complexity index is 1150. The Morgan fingerprint density at radius 3 is 2.55 bits per heavy atom. The average Bonchev–Trinajstić information content (AvgIpc) is 2.75. The molecule has 0 unspecified atom stereocenters. The molecule has 3 aromatic rings. The Kier molecular flexibility index (Phi) is 6.96. The zero-order valence-corrected chi connectivity index (χ0v) is 17.4. The number of carbonyl (C=O) groups is 2. The number of nitrogens with zero attached hydrogens (tertiary/aromatic N) is 1. The standard InChI is InChI=1S/C22H18F3N3O2S/c1-12-5-8-17(13(2)10-12)31-22-14(4-3-9-26-22)21(30)27-11-18(29)28-16-7-6-15(23)19(24)20(16)25/h3-10H,11H2,1-2H3,(H,27,30)(H,28,29). The van der Waals surface area contributed by atoms with Crippen molar-refractivity contribution in [3.05, 3.63) is 82.8 Å². The molecule has 0 aliphatic heterocycles. The number of anilines is 1. The Morgan fingerprint density at radius 1 is 1.03 bits per heavy atom. The summed E-state index contributed by atoms with van der Waals surface area (Å²) < 4.78 is 39.9. The van der Waals surface area contributed by atoms with Crippen molar-refractivity contribution in [2.75, 3.05) is 11.9 Å². The number of amides is 2. The fraction of sp³-hybridized carbons (Fsp3) is 0.136. The van der Waals surface area contributed by atoms with Gasteiger partial charge in [0, 0.05) is 11.1 Å². The van der Waals surface area contributed by atoms with E-state index in [0.29, 0.717) is 11.1 Å². The highest BCUT2D eigenvalue weighted by atomic mass is 32.2. The van der Waals surface area contributed by atoms with Crippen LogP contribution in [0.3, 0.4) is 0 Å². The lowest BCUT2D eigenvalue weighted by molar-refractivity contribution is -0.115. The minimum absolute atomic E-state index is 0.263. The lowest BCUT2D eigenvalue weighted by Crippen LogP contribution is -2.33. The summed E-state index contributed by atoms with van der Waals surface area (Å²) in [6.45, 7) is 3.44. The SMILES string of the molecule is Cc1ccc(Sc2ncccc2C(=O)NCC(=O)Nc2ccc(F)c(F)c2F)c(C)c1. The van der Waals surface area contributed by atoms with Crippen LogP contribution in [0.15, 0.2) is 58.6 Å². The van der Waals surface area contributed by atoms with Gasteiger partial charge in [-0.25, -0.2) is 18.2 Å². The molecule has 3 rings (SSSR count). The summed E-state index contributed by atoms with van der Waals surface area (Å²) in [6, 6.07) is 10.7. The second-order valence-corrected chi connectivity index (χ2v) is 7.71. The maximum absolute atomic E-state index is 13.7. The molecule has 2 aromatic carbocycles. The zero-order valence-electron chi connectivity index (χ0n) is 16.6. The van der Waals surface area contributed by atoms with Crippen molar-refractivity contribution in [3.63, 3.8) is 0 Å². The van der Waals surface area contributed by atoms with Crippen molar-refractivity contribution in [3.8, 4) is 0 Å². The minimum Gasteiger partial charge on any atom is -0.343 e. The number of halogens is 3. The van der Waals surface area contributed by atoms with Crippen LogP contribution in [0.5, 0.6) is 0 Å². The van der Waals surface area contributed by atoms with Crippen LogP contribution >= 0.6 is 11.8 Å². The fourth-order valence-corrected chi connectivity index (χ4v) is 3.68. The number of hydrogen-bond donors (Lipinski definition) is 2. The van der Waals surface area contributed by atoms with Crippen molar-refractivity contribution in [1.29, 1.82) is 0 Å². The summed E-state index contributed by atoms with van der Waals surface area (Å²) in [5.41, 5.74) is 1.89. The molecule has 2 N–H and O–H groups in total. The van der Waals surface area contributed by atoms with E-state index in [-0.39, 0.29) is 5.56 Å². The first-order chi connectivity index (χ1) is 14.8. The predicted octanol–water partition coefficient (Wildman–Crippen LogP) is 4.64. The van der Waals surface area contributed by atoms with Gasteiger partial charge in [-0.15, -0.1) is 0 Å². The maximum atomic E-state index is 13.7. The van der Waals surface area contributed by atoms with Crippen LogP contribution in [0.1, 0.15) is 21.5 Å². The zero-order chi connectivity index (χ0) is 22.5. The predicted molar refractivity (Wildman–Crippen MR) is 112 cm³/mol. The molecule has 1 heterocycles. The minimum atomic E-state index is -1.69. The molecule has 0 saturated heterocycles.